The summed E-state index contributed by atoms with van der Waals surface area (Å²) in [6.45, 7) is 8.63. The zero-order chi connectivity index (χ0) is 21.8. The Morgan fingerprint density at radius 1 is 1.06 bits per heavy atom. The Kier molecular flexibility index (Phi) is 6.30. The first kappa shape index (κ1) is 22.7. The van der Waals surface area contributed by atoms with Crippen LogP contribution in [0.4, 0.5) is 0 Å². The van der Waals surface area contributed by atoms with Crippen LogP contribution in [0.2, 0.25) is 0 Å². The van der Waals surface area contributed by atoms with E-state index in [1.54, 1.807) is 11.8 Å². The molecule has 4 heteroatoms. The third-order valence-electron chi connectivity index (χ3n) is 11.2. The van der Waals surface area contributed by atoms with Gasteiger partial charge < -0.3 is 0 Å². The fraction of sp³-hybridized carbons (Fsp3) is 0.926. The number of fused-ring (bicyclic) bond motifs is 5. The smallest absolute Gasteiger partial charge is 0.228 e. The normalized spacial score (nSPS) is 45.7. The third-order valence-corrected chi connectivity index (χ3v) is 12.6. The van der Waals surface area contributed by atoms with E-state index in [0.717, 1.165) is 52.6 Å². The number of hydrogen-bond acceptors (Lipinski definition) is 3. The quantitative estimate of drug-likeness (QED) is 0.409. The van der Waals surface area contributed by atoms with Crippen LogP contribution in [0.3, 0.4) is 0 Å². The Balaban J connectivity index is 1.25. The molecule has 0 aromatic rings. The van der Waals surface area contributed by atoms with Crippen LogP contribution in [0, 0.1) is 46.3 Å². The molecule has 5 aliphatic rings. The molecule has 0 spiro atoms. The van der Waals surface area contributed by atoms with Gasteiger partial charge in [0.1, 0.15) is 4.32 Å². The Morgan fingerprint density at radius 3 is 2.65 bits per heavy atom. The van der Waals surface area contributed by atoms with Crippen molar-refractivity contribution >= 4 is 34.2 Å². The van der Waals surface area contributed by atoms with E-state index in [9.17, 15) is 4.79 Å². The monoisotopic (exact) mass is 461 g/mol. The molecule has 31 heavy (non-hydrogen) atoms. The van der Waals surface area contributed by atoms with Crippen LogP contribution < -0.4 is 0 Å². The molecule has 8 atom stereocenters. The number of nitrogens with zero attached hydrogens (tertiary/aromatic N) is 1. The maximum atomic E-state index is 12.7. The highest BCUT2D eigenvalue weighted by Crippen LogP contribution is 2.68. The van der Waals surface area contributed by atoms with E-state index in [2.05, 4.69) is 20.8 Å². The molecule has 0 bridgehead atoms. The van der Waals surface area contributed by atoms with Gasteiger partial charge in [0.2, 0.25) is 5.91 Å². The first-order valence-corrected chi connectivity index (χ1v) is 14.7. The van der Waals surface area contributed by atoms with Gasteiger partial charge in [0.05, 0.1) is 0 Å². The van der Waals surface area contributed by atoms with E-state index < -0.39 is 0 Å². The van der Waals surface area contributed by atoms with Gasteiger partial charge in [0.15, 0.2) is 0 Å². The molecule has 1 saturated heterocycles. The lowest BCUT2D eigenvalue weighted by Crippen LogP contribution is -2.53. The molecule has 5 fully saturated rings. The topological polar surface area (TPSA) is 20.3 Å². The van der Waals surface area contributed by atoms with Gasteiger partial charge in [-0.05, 0) is 104 Å². The number of hydrogen-bond donors (Lipinski definition) is 0. The predicted molar refractivity (Wildman–Crippen MR) is 135 cm³/mol. The average Bonchev–Trinajstić information content (AvgIpc) is 3.34. The average molecular weight is 462 g/mol. The summed E-state index contributed by atoms with van der Waals surface area (Å²) < 4.78 is 0.802. The van der Waals surface area contributed by atoms with Crippen molar-refractivity contribution in [1.29, 1.82) is 0 Å². The molecular weight excluding hydrogens is 418 g/mol. The first-order chi connectivity index (χ1) is 14.8. The minimum Gasteiger partial charge on any atom is -0.297 e. The molecular formula is C27H43NOS2. The van der Waals surface area contributed by atoms with E-state index in [1.165, 1.54) is 64.2 Å². The van der Waals surface area contributed by atoms with Gasteiger partial charge in [-0.1, -0.05) is 57.6 Å². The number of carbonyl (C=O) groups excluding carboxylic acids is 1. The van der Waals surface area contributed by atoms with Gasteiger partial charge in [-0.15, -0.1) is 0 Å². The molecule has 4 saturated carbocycles. The molecule has 6 unspecified atom stereocenters. The highest BCUT2D eigenvalue weighted by atomic mass is 32.2. The number of rotatable bonds is 4. The molecule has 1 heterocycles. The minimum atomic E-state index is 0.272. The van der Waals surface area contributed by atoms with Crippen molar-refractivity contribution in [2.75, 3.05) is 12.3 Å². The molecule has 174 valence electrons. The van der Waals surface area contributed by atoms with Crippen LogP contribution in [0.1, 0.15) is 97.8 Å². The van der Waals surface area contributed by atoms with Gasteiger partial charge in [-0.3, -0.25) is 9.69 Å². The fourth-order valence-electron chi connectivity index (χ4n) is 9.58. The van der Waals surface area contributed by atoms with Crippen LogP contribution >= 0.6 is 24.0 Å². The molecule has 2 nitrogen and oxygen atoms in total. The van der Waals surface area contributed by atoms with E-state index in [1.807, 2.05) is 4.90 Å². The van der Waals surface area contributed by atoms with Crippen molar-refractivity contribution < 1.29 is 4.79 Å². The van der Waals surface area contributed by atoms with Crippen molar-refractivity contribution in [2.24, 2.45) is 46.3 Å². The van der Waals surface area contributed by atoms with E-state index in [0.29, 0.717) is 23.2 Å². The maximum Gasteiger partial charge on any atom is 0.228 e. The van der Waals surface area contributed by atoms with Crippen molar-refractivity contribution in [3.63, 3.8) is 0 Å². The highest BCUT2D eigenvalue weighted by molar-refractivity contribution is 8.23. The SMILES string of the molecule is CC(CCC(=O)N1CCSC1=S)C1CCC2C3CCC4CCCC[C@]4(C)C3CC[C@]12C. The van der Waals surface area contributed by atoms with E-state index in [-0.39, 0.29) is 5.91 Å². The molecule has 0 aromatic heterocycles. The zero-order valence-electron chi connectivity index (χ0n) is 20.0. The molecule has 1 amide bonds. The van der Waals surface area contributed by atoms with Crippen LogP contribution in [0.5, 0.6) is 0 Å². The summed E-state index contributed by atoms with van der Waals surface area (Å²) in [6, 6.07) is 0. The number of amides is 1. The summed E-state index contributed by atoms with van der Waals surface area (Å²) in [4.78, 5) is 14.6. The van der Waals surface area contributed by atoms with Gasteiger partial charge in [-0.2, -0.15) is 0 Å². The Hall–Kier alpha value is -0.0900. The standard InChI is InChI=1S/C27H43NOS2/c1-18(7-12-24(29)28-16-17-31-25(28)30)21-10-11-22-20-9-8-19-6-4-5-14-26(19,2)23(20)13-15-27(21,22)3/h18-23H,4-17H2,1-3H3/t18?,19?,20?,21?,22?,23?,26-,27+/m0/s1. The Labute approximate surface area is 200 Å². The number of carbonyl (C=O) groups is 1. The largest absolute Gasteiger partial charge is 0.297 e. The van der Waals surface area contributed by atoms with Gasteiger partial charge in [-0.25, -0.2) is 0 Å². The lowest BCUT2D eigenvalue weighted by molar-refractivity contribution is -0.127. The summed E-state index contributed by atoms with van der Waals surface area (Å²) in [5, 5.41) is 0. The summed E-state index contributed by atoms with van der Waals surface area (Å²) in [6.07, 6.45) is 16.5. The Bertz CT molecular complexity index is 724. The minimum absolute atomic E-state index is 0.272. The van der Waals surface area contributed by atoms with Crippen molar-refractivity contribution in [3.8, 4) is 0 Å². The van der Waals surface area contributed by atoms with Crippen LogP contribution in [-0.2, 0) is 4.79 Å². The molecule has 0 aromatic carbocycles. The summed E-state index contributed by atoms with van der Waals surface area (Å²) in [5.74, 6) is 6.65. The molecule has 1 aliphatic heterocycles. The summed E-state index contributed by atoms with van der Waals surface area (Å²) in [5.41, 5.74) is 1.16. The van der Waals surface area contributed by atoms with Crippen molar-refractivity contribution in [2.45, 2.75) is 97.8 Å². The lowest BCUT2D eigenvalue weighted by atomic mass is 9.44. The summed E-state index contributed by atoms with van der Waals surface area (Å²) >= 11 is 7.03. The fourth-order valence-corrected chi connectivity index (χ4v) is 10.8. The van der Waals surface area contributed by atoms with Crippen molar-refractivity contribution in [1.82, 2.24) is 4.90 Å². The second kappa shape index (κ2) is 8.60. The third kappa shape index (κ3) is 3.74. The van der Waals surface area contributed by atoms with Gasteiger partial charge in [0.25, 0.3) is 0 Å². The zero-order valence-corrected chi connectivity index (χ0v) is 21.7. The van der Waals surface area contributed by atoms with Crippen LogP contribution in [0.25, 0.3) is 0 Å². The second-order valence-electron chi connectivity index (χ2n) is 12.3. The van der Waals surface area contributed by atoms with Crippen molar-refractivity contribution in [3.05, 3.63) is 0 Å². The molecule has 5 rings (SSSR count). The highest BCUT2D eigenvalue weighted by Gasteiger charge is 2.60. The molecule has 4 aliphatic carbocycles. The van der Waals surface area contributed by atoms with Crippen LogP contribution in [-0.4, -0.2) is 27.4 Å². The number of thioether (sulfide) groups is 1. The Morgan fingerprint density at radius 2 is 1.87 bits per heavy atom. The van der Waals surface area contributed by atoms with E-state index in [4.69, 9.17) is 12.2 Å². The van der Waals surface area contributed by atoms with Gasteiger partial charge >= 0.3 is 0 Å². The second-order valence-corrected chi connectivity index (χ2v) is 14.0. The molecule has 0 N–H and O–H groups in total. The van der Waals surface area contributed by atoms with Crippen LogP contribution in [0.15, 0.2) is 0 Å². The van der Waals surface area contributed by atoms with Gasteiger partial charge in [0, 0.05) is 18.7 Å². The molecule has 0 radical (unpaired) electrons. The maximum absolute atomic E-state index is 12.7. The summed E-state index contributed by atoms with van der Waals surface area (Å²) in [7, 11) is 0. The first-order valence-electron chi connectivity index (χ1n) is 13.3. The predicted octanol–water partition coefficient (Wildman–Crippen LogP) is 7.31. The number of thiocarbonyl (C=S) groups is 1. The lowest BCUT2D eigenvalue weighted by Gasteiger charge is -2.61. The van der Waals surface area contributed by atoms with E-state index >= 15 is 0 Å².